The molecule has 1 heterocycles. The van der Waals surface area contributed by atoms with Crippen molar-refractivity contribution in [2.45, 2.75) is 32.9 Å². The van der Waals surface area contributed by atoms with Gasteiger partial charge in [-0.05, 0) is 89.2 Å². The molecule has 152 valence electrons. The lowest BCUT2D eigenvalue weighted by Gasteiger charge is -2.19. The highest BCUT2D eigenvalue weighted by Crippen LogP contribution is 2.38. The minimum atomic E-state index is -0.291. The van der Waals surface area contributed by atoms with E-state index in [4.69, 9.17) is 27.9 Å². The smallest absolute Gasteiger partial charge is 0.293 e. The fourth-order valence-electron chi connectivity index (χ4n) is 2.73. The summed E-state index contributed by atoms with van der Waals surface area (Å²) < 4.78 is 6.94. The number of rotatable bonds is 6. The number of ether oxygens (including phenoxy) is 1. The standard InChI is InChI=1S/C21H18Cl2INO3S/c1-3-12(2)25-20(26)18(29-21(25)27)10-14-8-16(22)19(17(23)9-14)28-11-13-4-6-15(24)7-5-13/h4-10,12H,3,11H2,1-2H3/b18-10+/t12-/m1/s1. The number of hydrogen-bond acceptors (Lipinski definition) is 4. The lowest BCUT2D eigenvalue weighted by molar-refractivity contribution is -0.124. The Labute approximate surface area is 197 Å². The Bertz CT molecular complexity index is 955. The van der Waals surface area contributed by atoms with Crippen LogP contribution in [-0.4, -0.2) is 22.1 Å². The maximum Gasteiger partial charge on any atom is 0.293 e. The molecule has 2 amide bonds. The highest BCUT2D eigenvalue weighted by atomic mass is 127. The number of imide groups is 1. The van der Waals surface area contributed by atoms with Gasteiger partial charge in [-0.1, -0.05) is 42.3 Å². The van der Waals surface area contributed by atoms with Crippen LogP contribution in [0.5, 0.6) is 5.75 Å². The minimum absolute atomic E-state index is 0.141. The van der Waals surface area contributed by atoms with E-state index in [1.54, 1.807) is 18.2 Å². The SMILES string of the molecule is CC[C@@H](C)N1C(=O)S/C(=C/c2cc(Cl)c(OCc3ccc(I)cc3)c(Cl)c2)C1=O. The van der Waals surface area contributed by atoms with Gasteiger partial charge in [0.1, 0.15) is 6.61 Å². The maximum atomic E-state index is 12.6. The van der Waals surface area contributed by atoms with Crippen LogP contribution in [0.4, 0.5) is 4.79 Å². The van der Waals surface area contributed by atoms with Crippen molar-refractivity contribution in [3.8, 4) is 5.75 Å². The molecule has 8 heteroatoms. The monoisotopic (exact) mass is 561 g/mol. The summed E-state index contributed by atoms with van der Waals surface area (Å²) in [6.07, 6.45) is 2.34. The van der Waals surface area contributed by atoms with E-state index >= 15 is 0 Å². The predicted molar refractivity (Wildman–Crippen MR) is 128 cm³/mol. The first kappa shape index (κ1) is 22.5. The molecular formula is C21H18Cl2INO3S. The van der Waals surface area contributed by atoms with Crippen molar-refractivity contribution in [2.75, 3.05) is 0 Å². The molecule has 1 aliphatic heterocycles. The average molecular weight is 562 g/mol. The number of carbonyl (C=O) groups is 2. The van der Waals surface area contributed by atoms with Gasteiger partial charge >= 0.3 is 0 Å². The van der Waals surface area contributed by atoms with Crippen LogP contribution in [0.25, 0.3) is 6.08 Å². The molecule has 0 aromatic heterocycles. The maximum absolute atomic E-state index is 12.6. The van der Waals surface area contributed by atoms with Crippen molar-refractivity contribution in [1.82, 2.24) is 4.90 Å². The summed E-state index contributed by atoms with van der Waals surface area (Å²) in [5, 5.41) is 0.427. The Kier molecular flexibility index (Phi) is 7.53. The summed E-state index contributed by atoms with van der Waals surface area (Å²) in [5.74, 6) is 0.0948. The van der Waals surface area contributed by atoms with Gasteiger partial charge in [0.05, 0.1) is 15.0 Å². The van der Waals surface area contributed by atoms with Crippen molar-refractivity contribution >= 4 is 74.8 Å². The fraction of sp³-hybridized carbons (Fsp3) is 0.238. The molecule has 3 rings (SSSR count). The molecule has 29 heavy (non-hydrogen) atoms. The molecule has 1 atom stereocenters. The van der Waals surface area contributed by atoms with Crippen LogP contribution in [0.1, 0.15) is 31.4 Å². The number of thioether (sulfide) groups is 1. The van der Waals surface area contributed by atoms with Crippen molar-refractivity contribution < 1.29 is 14.3 Å². The molecule has 1 fully saturated rings. The summed E-state index contributed by atoms with van der Waals surface area (Å²) >= 11 is 15.9. The third kappa shape index (κ3) is 5.29. The van der Waals surface area contributed by atoms with Crippen LogP contribution < -0.4 is 4.74 Å². The van der Waals surface area contributed by atoms with Crippen LogP contribution in [0.15, 0.2) is 41.3 Å². The Morgan fingerprint density at radius 1 is 1.17 bits per heavy atom. The van der Waals surface area contributed by atoms with Crippen molar-refractivity contribution in [3.63, 3.8) is 0 Å². The summed E-state index contributed by atoms with van der Waals surface area (Å²) in [6, 6.07) is 11.2. The summed E-state index contributed by atoms with van der Waals surface area (Å²) in [6.45, 7) is 4.13. The van der Waals surface area contributed by atoms with Gasteiger partial charge < -0.3 is 4.74 Å². The highest BCUT2D eigenvalue weighted by molar-refractivity contribution is 14.1. The van der Waals surface area contributed by atoms with Gasteiger partial charge in [0.15, 0.2) is 5.75 Å². The van der Waals surface area contributed by atoms with Gasteiger partial charge in [0.2, 0.25) is 0 Å². The van der Waals surface area contributed by atoms with Crippen LogP contribution in [-0.2, 0) is 11.4 Å². The third-order valence-corrected chi connectivity index (χ3v) is 6.63. The van der Waals surface area contributed by atoms with Gasteiger partial charge in [-0.25, -0.2) is 0 Å². The molecule has 1 saturated heterocycles. The summed E-state index contributed by atoms with van der Waals surface area (Å²) in [7, 11) is 0. The van der Waals surface area contributed by atoms with E-state index in [1.165, 1.54) is 4.90 Å². The zero-order chi connectivity index (χ0) is 21.1. The largest absolute Gasteiger partial charge is 0.486 e. The Balaban J connectivity index is 1.78. The van der Waals surface area contributed by atoms with Gasteiger partial charge in [0.25, 0.3) is 11.1 Å². The second-order valence-corrected chi connectivity index (χ2v) is 9.59. The van der Waals surface area contributed by atoms with Crippen LogP contribution >= 0.6 is 57.6 Å². The number of nitrogens with zero attached hydrogens (tertiary/aromatic N) is 1. The lowest BCUT2D eigenvalue weighted by atomic mass is 10.2. The van der Waals surface area contributed by atoms with Crippen molar-refractivity contribution in [1.29, 1.82) is 0 Å². The molecule has 1 aliphatic rings. The number of hydrogen-bond donors (Lipinski definition) is 0. The first-order chi connectivity index (χ1) is 13.8. The van der Waals surface area contributed by atoms with E-state index in [-0.39, 0.29) is 17.2 Å². The molecule has 2 aromatic carbocycles. The number of halogens is 3. The normalized spacial score (nSPS) is 16.6. The van der Waals surface area contributed by atoms with Gasteiger partial charge in [-0.2, -0.15) is 0 Å². The number of amides is 2. The number of benzene rings is 2. The third-order valence-electron chi connectivity index (χ3n) is 4.47. The molecule has 4 nitrogen and oxygen atoms in total. The van der Waals surface area contributed by atoms with Crippen molar-refractivity contribution in [2.24, 2.45) is 0 Å². The van der Waals surface area contributed by atoms with E-state index in [0.717, 1.165) is 20.9 Å². The molecule has 0 spiro atoms. The van der Waals surface area contributed by atoms with E-state index < -0.39 is 0 Å². The van der Waals surface area contributed by atoms with Crippen LogP contribution in [0.2, 0.25) is 10.0 Å². The molecule has 2 aromatic rings. The second kappa shape index (κ2) is 9.73. The molecule has 0 saturated carbocycles. The first-order valence-electron chi connectivity index (χ1n) is 8.93. The Morgan fingerprint density at radius 2 is 1.79 bits per heavy atom. The van der Waals surface area contributed by atoms with Crippen molar-refractivity contribution in [3.05, 3.63) is 66.0 Å². The topological polar surface area (TPSA) is 46.6 Å². The molecule has 0 aliphatic carbocycles. The van der Waals surface area contributed by atoms with Crippen LogP contribution in [0, 0.1) is 3.57 Å². The average Bonchev–Trinajstić information content (AvgIpc) is 2.95. The molecule has 0 unspecified atom stereocenters. The lowest BCUT2D eigenvalue weighted by Crippen LogP contribution is -2.36. The summed E-state index contributed by atoms with van der Waals surface area (Å²) in [5.41, 5.74) is 1.64. The summed E-state index contributed by atoms with van der Waals surface area (Å²) in [4.78, 5) is 26.4. The second-order valence-electron chi connectivity index (χ2n) is 6.54. The Morgan fingerprint density at radius 3 is 2.38 bits per heavy atom. The predicted octanol–water partition coefficient (Wildman–Crippen LogP) is 7.01. The molecular weight excluding hydrogens is 544 g/mol. The molecule has 0 N–H and O–H groups in total. The number of carbonyl (C=O) groups excluding carboxylic acids is 2. The van der Waals surface area contributed by atoms with Gasteiger partial charge in [-0.15, -0.1) is 0 Å². The van der Waals surface area contributed by atoms with E-state index in [2.05, 4.69) is 22.6 Å². The quantitative estimate of drug-likeness (QED) is 0.281. The van der Waals surface area contributed by atoms with Crippen LogP contribution in [0.3, 0.4) is 0 Å². The molecule has 0 bridgehead atoms. The minimum Gasteiger partial charge on any atom is -0.486 e. The van der Waals surface area contributed by atoms with Gasteiger partial charge in [0, 0.05) is 9.61 Å². The Hall–Kier alpha value is -1.22. The highest BCUT2D eigenvalue weighted by Gasteiger charge is 2.37. The zero-order valence-corrected chi connectivity index (χ0v) is 20.2. The molecule has 0 radical (unpaired) electrons. The van der Waals surface area contributed by atoms with E-state index in [9.17, 15) is 9.59 Å². The van der Waals surface area contributed by atoms with Gasteiger partial charge in [-0.3, -0.25) is 14.5 Å². The van der Waals surface area contributed by atoms with E-state index in [1.807, 2.05) is 38.1 Å². The zero-order valence-electron chi connectivity index (χ0n) is 15.7. The van der Waals surface area contributed by atoms with E-state index in [0.29, 0.717) is 39.3 Å². The fourth-order valence-corrected chi connectivity index (χ4v) is 4.63. The first-order valence-corrected chi connectivity index (χ1v) is 11.6.